The highest BCUT2D eigenvalue weighted by atomic mass is 16.7. The lowest BCUT2D eigenvalue weighted by molar-refractivity contribution is -0.199. The van der Waals surface area contributed by atoms with Crippen LogP contribution in [0.4, 0.5) is 4.79 Å². The third kappa shape index (κ3) is 5.34. The largest absolute Gasteiger partial charge is 0.482 e. The van der Waals surface area contributed by atoms with E-state index in [4.69, 9.17) is 19.3 Å². The van der Waals surface area contributed by atoms with E-state index in [9.17, 15) is 9.59 Å². The predicted octanol–water partition coefficient (Wildman–Crippen LogP) is 4.22. The summed E-state index contributed by atoms with van der Waals surface area (Å²) in [5.74, 6) is 0.316. The van der Waals surface area contributed by atoms with Gasteiger partial charge in [0.15, 0.2) is 0 Å². The van der Waals surface area contributed by atoms with Crippen molar-refractivity contribution >= 4 is 19.1 Å². The molecule has 2 bridgehead atoms. The van der Waals surface area contributed by atoms with Gasteiger partial charge in [0.25, 0.3) is 5.91 Å². The molecule has 0 radical (unpaired) electrons. The van der Waals surface area contributed by atoms with Crippen molar-refractivity contribution in [2.24, 2.45) is 23.2 Å². The minimum atomic E-state index is -0.566. The number of ether oxygens (including phenoxy) is 1. The van der Waals surface area contributed by atoms with Crippen molar-refractivity contribution < 1.29 is 23.6 Å². The average Bonchev–Trinajstić information content (AvgIpc) is 3.29. The Hall–Kier alpha value is -2.83. The van der Waals surface area contributed by atoms with Gasteiger partial charge in [-0.15, -0.1) is 0 Å². The fourth-order valence-electron chi connectivity index (χ4n) is 7.28. The third-order valence-electron chi connectivity index (χ3n) is 9.83. The van der Waals surface area contributed by atoms with Gasteiger partial charge in [-0.05, 0) is 68.8 Å². The van der Waals surface area contributed by atoms with Crippen molar-refractivity contribution in [1.29, 1.82) is 5.26 Å². The molecule has 2 heterocycles. The summed E-state index contributed by atoms with van der Waals surface area (Å²) in [6, 6.07) is 10.1. The second-order valence-electron chi connectivity index (χ2n) is 12.7. The molecule has 39 heavy (non-hydrogen) atoms. The van der Waals surface area contributed by atoms with Crippen LogP contribution in [0.25, 0.3) is 0 Å². The molecular weight excluding hydrogens is 493 g/mol. The lowest BCUT2D eigenvalue weighted by Crippen LogP contribution is -2.65. The van der Waals surface area contributed by atoms with Crippen molar-refractivity contribution in [2.45, 2.75) is 77.4 Å². The number of benzene rings is 1. The maximum absolute atomic E-state index is 13.1. The maximum Gasteiger partial charge on any atom is 0.482 e. The summed E-state index contributed by atoms with van der Waals surface area (Å²) >= 11 is 0. The van der Waals surface area contributed by atoms with Gasteiger partial charge in [0.2, 0.25) is 0 Å². The predicted molar refractivity (Wildman–Crippen MR) is 147 cm³/mol. The Kier molecular flexibility index (Phi) is 7.56. The molecule has 0 aromatic heterocycles. The molecule has 1 N–H and O–H groups in total. The zero-order chi connectivity index (χ0) is 27.9. The van der Waals surface area contributed by atoms with E-state index in [-0.39, 0.29) is 41.1 Å². The first-order valence-corrected chi connectivity index (χ1v) is 14.2. The fourth-order valence-corrected chi connectivity index (χ4v) is 7.28. The highest BCUT2D eigenvalue weighted by Gasteiger charge is 2.68. The van der Waals surface area contributed by atoms with E-state index >= 15 is 0 Å². The molecule has 2 amide bonds. The van der Waals surface area contributed by atoms with E-state index in [1.54, 1.807) is 4.90 Å². The van der Waals surface area contributed by atoms with Crippen LogP contribution in [0.5, 0.6) is 0 Å². The summed E-state index contributed by atoms with van der Waals surface area (Å²) in [6.45, 7) is 13.6. The number of carbonyl (C=O) groups excluding carboxylic acids is 2. The number of amides is 2. The smallest absolute Gasteiger partial charge is 0.449 e. The molecule has 5 fully saturated rings. The van der Waals surface area contributed by atoms with E-state index in [1.165, 1.54) is 5.56 Å². The van der Waals surface area contributed by atoms with Gasteiger partial charge in [-0.3, -0.25) is 4.79 Å². The van der Waals surface area contributed by atoms with Crippen LogP contribution in [0.3, 0.4) is 0 Å². The Labute approximate surface area is 232 Å². The van der Waals surface area contributed by atoms with Gasteiger partial charge in [0, 0.05) is 19.0 Å². The fraction of sp³-hybridized carbons (Fsp3) is 0.633. The zero-order valence-electron chi connectivity index (χ0n) is 23.6. The number of carbonyl (C=O) groups is 2. The zero-order valence-corrected chi connectivity index (χ0v) is 23.6. The number of likely N-dealkylation sites (tertiary alicyclic amines) is 1. The molecule has 0 unspecified atom stereocenters. The van der Waals surface area contributed by atoms with Crippen molar-refractivity contribution in [1.82, 2.24) is 10.2 Å². The molecule has 8 nitrogen and oxygen atoms in total. The first-order valence-electron chi connectivity index (χ1n) is 14.2. The van der Waals surface area contributed by atoms with Crippen LogP contribution >= 0.6 is 0 Å². The topological polar surface area (TPSA) is 101 Å². The Morgan fingerprint density at radius 3 is 2.72 bits per heavy atom. The molecule has 9 heteroatoms. The lowest BCUT2D eigenvalue weighted by atomic mass is 9.43. The molecule has 3 saturated carbocycles. The molecule has 6 rings (SSSR count). The molecule has 2 saturated heterocycles. The molecule has 2 aliphatic heterocycles. The highest BCUT2D eigenvalue weighted by Crippen LogP contribution is 2.65. The van der Waals surface area contributed by atoms with Gasteiger partial charge in [-0.25, -0.2) is 4.79 Å². The minimum Gasteiger partial charge on any atom is -0.449 e. The van der Waals surface area contributed by atoms with Crippen molar-refractivity contribution in [3.8, 4) is 6.07 Å². The molecule has 1 aromatic rings. The van der Waals surface area contributed by atoms with Gasteiger partial charge in [0.05, 0.1) is 24.3 Å². The number of aryl methyl sites for hydroxylation is 1. The number of hydrogen-bond acceptors (Lipinski definition) is 6. The number of nitrogens with zero attached hydrogens (tertiary/aromatic N) is 2. The van der Waals surface area contributed by atoms with Crippen LogP contribution in [0.15, 0.2) is 36.4 Å². The summed E-state index contributed by atoms with van der Waals surface area (Å²) in [6.07, 6.45) is 3.83. The van der Waals surface area contributed by atoms with Gasteiger partial charge >= 0.3 is 13.2 Å². The first-order chi connectivity index (χ1) is 18.5. The van der Waals surface area contributed by atoms with E-state index in [0.717, 1.165) is 31.2 Å². The quantitative estimate of drug-likeness (QED) is 0.320. The van der Waals surface area contributed by atoms with Gasteiger partial charge in [-0.2, -0.15) is 5.26 Å². The number of nitrogens with one attached hydrogen (secondary N) is 1. The summed E-state index contributed by atoms with van der Waals surface area (Å²) in [5.41, 5.74) is 2.06. The van der Waals surface area contributed by atoms with Crippen LogP contribution in [-0.2, 0) is 25.3 Å². The SMILES string of the molecule is C=C(C#N)C(=O)N1CCC[C@H](COC(=O)N[C@@H](Cc2ccc(C)cc2)B2O[C@@H]3C[C@@H]4C[C@@H](C4(C)C)[C@]3(C)O2)C1. The number of rotatable bonds is 7. The van der Waals surface area contributed by atoms with Crippen LogP contribution in [0.2, 0.25) is 0 Å². The molecule has 6 atom stereocenters. The molecular formula is C30H40BN3O5. The summed E-state index contributed by atoms with van der Waals surface area (Å²) in [4.78, 5) is 27.0. The van der Waals surface area contributed by atoms with Gasteiger partial charge < -0.3 is 24.3 Å². The van der Waals surface area contributed by atoms with E-state index in [1.807, 2.05) is 6.07 Å². The Morgan fingerprint density at radius 2 is 2.03 bits per heavy atom. The first kappa shape index (κ1) is 27.7. The van der Waals surface area contributed by atoms with Gasteiger partial charge in [0.1, 0.15) is 11.6 Å². The van der Waals surface area contributed by atoms with Crippen molar-refractivity contribution in [3.05, 3.63) is 47.5 Å². The highest BCUT2D eigenvalue weighted by molar-refractivity contribution is 6.47. The second kappa shape index (κ2) is 10.6. The molecule has 5 aliphatic rings. The Morgan fingerprint density at radius 1 is 1.28 bits per heavy atom. The van der Waals surface area contributed by atoms with E-state index in [2.05, 4.69) is 63.9 Å². The number of alkyl carbamates (subject to hydrolysis) is 1. The van der Waals surface area contributed by atoms with Gasteiger partial charge in [-0.1, -0.05) is 50.3 Å². The number of hydrogen-bond donors (Lipinski definition) is 1. The van der Waals surface area contributed by atoms with Crippen molar-refractivity contribution in [2.75, 3.05) is 19.7 Å². The summed E-state index contributed by atoms with van der Waals surface area (Å²) in [7, 11) is -0.566. The monoisotopic (exact) mass is 533 g/mol. The molecule has 208 valence electrons. The summed E-state index contributed by atoms with van der Waals surface area (Å²) < 4.78 is 18.9. The second-order valence-corrected chi connectivity index (χ2v) is 12.7. The normalized spacial score (nSPS) is 31.4. The maximum atomic E-state index is 13.1. The Bertz CT molecular complexity index is 1160. The van der Waals surface area contributed by atoms with Crippen LogP contribution in [0.1, 0.15) is 57.6 Å². The average molecular weight is 533 g/mol. The Balaban J connectivity index is 1.23. The molecule has 1 aromatic carbocycles. The van der Waals surface area contributed by atoms with E-state index < -0.39 is 19.2 Å². The van der Waals surface area contributed by atoms with Crippen molar-refractivity contribution in [3.63, 3.8) is 0 Å². The minimum absolute atomic E-state index is 0.00489. The third-order valence-corrected chi connectivity index (χ3v) is 9.83. The summed E-state index contributed by atoms with van der Waals surface area (Å²) in [5, 5.41) is 12.1. The number of piperidine rings is 1. The van der Waals surface area contributed by atoms with Crippen LogP contribution < -0.4 is 5.32 Å². The molecule has 0 spiro atoms. The lowest BCUT2D eigenvalue weighted by Gasteiger charge is -2.64. The molecule has 3 aliphatic carbocycles. The van der Waals surface area contributed by atoms with Crippen LogP contribution in [0, 0.1) is 41.4 Å². The standard InChI is InChI=1S/C30H40BN3O5/c1-19-8-10-21(11-9-19)13-26(31-38-25-15-23-14-24(29(23,3)4)30(25,5)39-31)33-28(36)37-18-22-7-6-12-34(17-22)27(35)20(2)16-32/h8-11,22-26H,2,6-7,12-15,17-18H2,1,3-5H3,(H,33,36)/t22-,23-,24-,25+,26-,30-/m0/s1. The van der Waals surface area contributed by atoms with Crippen LogP contribution in [-0.4, -0.2) is 61.4 Å². The number of nitriles is 1. The van der Waals surface area contributed by atoms with E-state index in [0.29, 0.717) is 31.3 Å².